The van der Waals surface area contributed by atoms with Gasteiger partial charge in [-0.2, -0.15) is 0 Å². The number of aromatic nitrogens is 2. The smallest absolute Gasteiger partial charge is 0.268 e. The molecule has 2 aromatic carbocycles. The number of hydrogen-bond acceptors (Lipinski definition) is 9. The highest BCUT2D eigenvalue weighted by Crippen LogP contribution is 2.33. The first-order chi connectivity index (χ1) is 16.0. The molecule has 0 saturated carbocycles. The van der Waals surface area contributed by atoms with Crippen LogP contribution in [0.2, 0.25) is 0 Å². The Hall–Kier alpha value is -3.44. The average Bonchev–Trinajstić information content (AvgIpc) is 3.40. The molecule has 0 atom stereocenters. The summed E-state index contributed by atoms with van der Waals surface area (Å²) in [6.07, 6.45) is 0.638. The highest BCUT2D eigenvalue weighted by atomic mass is 32.2. The van der Waals surface area contributed by atoms with Gasteiger partial charge in [0.1, 0.15) is 0 Å². The first kappa shape index (κ1) is 22.7. The molecular formula is C22H20N4O5S2. The van der Waals surface area contributed by atoms with Crippen LogP contribution in [0.5, 0.6) is 11.5 Å². The number of nitrogens with zero attached hydrogens (tertiary/aromatic N) is 3. The zero-order chi connectivity index (χ0) is 23.4. The van der Waals surface area contributed by atoms with E-state index in [1.54, 1.807) is 38.5 Å². The van der Waals surface area contributed by atoms with Gasteiger partial charge in [0, 0.05) is 6.54 Å². The lowest BCUT2D eigenvalue weighted by Crippen LogP contribution is -2.29. The van der Waals surface area contributed by atoms with Crippen LogP contribution < -0.4 is 19.7 Å². The van der Waals surface area contributed by atoms with Gasteiger partial charge in [0.05, 0.1) is 31.1 Å². The van der Waals surface area contributed by atoms with Gasteiger partial charge in [-0.1, -0.05) is 41.3 Å². The summed E-state index contributed by atoms with van der Waals surface area (Å²) in [5.74, 6) is 0.439. The molecule has 3 amide bonds. The van der Waals surface area contributed by atoms with E-state index in [1.807, 2.05) is 18.2 Å². The van der Waals surface area contributed by atoms with Crippen LogP contribution in [0.4, 0.5) is 5.13 Å². The number of imide groups is 1. The maximum Gasteiger partial charge on any atom is 0.268 e. The minimum absolute atomic E-state index is 0.142. The van der Waals surface area contributed by atoms with E-state index in [2.05, 4.69) is 15.5 Å². The molecule has 0 spiro atoms. The zero-order valence-corrected chi connectivity index (χ0v) is 19.5. The molecule has 3 aromatic rings. The fraction of sp³-hybridized carbons (Fsp3) is 0.227. The van der Waals surface area contributed by atoms with Crippen molar-refractivity contribution in [3.63, 3.8) is 0 Å². The van der Waals surface area contributed by atoms with Crippen LogP contribution in [0.1, 0.15) is 26.3 Å². The summed E-state index contributed by atoms with van der Waals surface area (Å²) < 4.78 is 11.0. The number of amides is 3. The highest BCUT2D eigenvalue weighted by Gasteiger charge is 2.38. The van der Waals surface area contributed by atoms with Crippen molar-refractivity contribution in [3.05, 3.63) is 59.2 Å². The Bertz CT molecular complexity index is 1180. The first-order valence-electron chi connectivity index (χ1n) is 9.93. The largest absolute Gasteiger partial charge is 0.493 e. The number of rotatable bonds is 9. The van der Waals surface area contributed by atoms with Crippen LogP contribution in [0.15, 0.2) is 46.8 Å². The van der Waals surface area contributed by atoms with Gasteiger partial charge in [-0.15, -0.1) is 10.2 Å². The number of carbonyl (C=O) groups excluding carboxylic acids is 3. The Morgan fingerprint density at radius 3 is 2.39 bits per heavy atom. The lowest BCUT2D eigenvalue weighted by Gasteiger charge is -2.10. The van der Waals surface area contributed by atoms with E-state index in [0.717, 1.165) is 21.8 Å². The summed E-state index contributed by atoms with van der Waals surface area (Å²) in [6, 6.07) is 12.3. The van der Waals surface area contributed by atoms with Crippen molar-refractivity contribution in [1.82, 2.24) is 15.5 Å². The number of nitrogens with one attached hydrogen (secondary N) is 1. The quantitative estimate of drug-likeness (QED) is 0.280. The number of ether oxygens (including phenoxy) is 2. The maximum atomic E-state index is 12.6. The van der Waals surface area contributed by atoms with Gasteiger partial charge in [0.15, 0.2) is 15.8 Å². The molecule has 11 heteroatoms. The van der Waals surface area contributed by atoms with Crippen molar-refractivity contribution < 1.29 is 23.9 Å². The summed E-state index contributed by atoms with van der Waals surface area (Å²) in [5.41, 5.74) is 1.71. The average molecular weight is 485 g/mol. The van der Waals surface area contributed by atoms with E-state index in [9.17, 15) is 14.4 Å². The molecule has 9 nitrogen and oxygen atoms in total. The molecule has 2 heterocycles. The molecule has 0 radical (unpaired) electrons. The third-order valence-corrected chi connectivity index (χ3v) is 6.93. The lowest BCUT2D eigenvalue weighted by molar-refractivity contribution is -0.118. The zero-order valence-electron chi connectivity index (χ0n) is 17.9. The van der Waals surface area contributed by atoms with Crippen molar-refractivity contribution in [3.8, 4) is 11.5 Å². The Morgan fingerprint density at radius 2 is 1.73 bits per heavy atom. The van der Waals surface area contributed by atoms with Gasteiger partial charge in [0.25, 0.3) is 11.8 Å². The summed E-state index contributed by atoms with van der Waals surface area (Å²) in [6.45, 7) is 0.464. The number of benzene rings is 2. The van der Waals surface area contributed by atoms with Gasteiger partial charge >= 0.3 is 0 Å². The second-order valence-corrected chi connectivity index (χ2v) is 9.10. The number of hydrogen-bond donors (Lipinski definition) is 1. The molecule has 170 valence electrons. The summed E-state index contributed by atoms with van der Waals surface area (Å²) in [4.78, 5) is 38.3. The topological polar surface area (TPSA) is 111 Å². The molecule has 4 rings (SSSR count). The summed E-state index contributed by atoms with van der Waals surface area (Å²) in [5, 5.41) is 11.0. The number of anilines is 1. The van der Waals surface area contributed by atoms with E-state index in [1.165, 1.54) is 11.8 Å². The third-order valence-electron chi connectivity index (χ3n) is 4.89. The van der Waals surface area contributed by atoms with Crippen LogP contribution in [-0.2, 0) is 11.2 Å². The van der Waals surface area contributed by atoms with Crippen LogP contribution in [-0.4, -0.2) is 54.4 Å². The first-order valence-corrected chi connectivity index (χ1v) is 11.7. The molecule has 1 aliphatic rings. The minimum atomic E-state index is -0.420. The Balaban J connectivity index is 1.27. The lowest BCUT2D eigenvalue weighted by atomic mass is 10.1. The molecule has 0 fully saturated rings. The van der Waals surface area contributed by atoms with Crippen LogP contribution in [0.3, 0.4) is 0 Å². The van der Waals surface area contributed by atoms with Crippen molar-refractivity contribution in [2.75, 3.05) is 31.4 Å². The maximum absolute atomic E-state index is 12.6. The van der Waals surface area contributed by atoms with Gasteiger partial charge in [0.2, 0.25) is 11.0 Å². The van der Waals surface area contributed by atoms with Crippen LogP contribution in [0.25, 0.3) is 0 Å². The predicted octanol–water partition coefficient (Wildman–Crippen LogP) is 2.81. The molecule has 0 unspecified atom stereocenters. The Labute approximate surface area is 198 Å². The second kappa shape index (κ2) is 10.0. The Kier molecular flexibility index (Phi) is 6.90. The number of carbonyl (C=O) groups is 3. The molecule has 0 aliphatic carbocycles. The molecule has 1 aromatic heterocycles. The molecule has 1 aliphatic heterocycles. The Morgan fingerprint density at radius 1 is 1.03 bits per heavy atom. The minimum Gasteiger partial charge on any atom is -0.493 e. The molecule has 1 N–H and O–H groups in total. The van der Waals surface area contributed by atoms with Crippen molar-refractivity contribution in [2.24, 2.45) is 0 Å². The summed E-state index contributed by atoms with van der Waals surface area (Å²) in [7, 11) is 3.16. The van der Waals surface area contributed by atoms with Gasteiger partial charge in [-0.25, -0.2) is 4.90 Å². The van der Waals surface area contributed by atoms with E-state index >= 15 is 0 Å². The summed E-state index contributed by atoms with van der Waals surface area (Å²) >= 11 is 2.30. The predicted molar refractivity (Wildman–Crippen MR) is 124 cm³/mol. The molecule has 0 saturated heterocycles. The van der Waals surface area contributed by atoms with Crippen molar-refractivity contribution >= 4 is 46.0 Å². The van der Waals surface area contributed by atoms with E-state index in [0.29, 0.717) is 39.9 Å². The monoisotopic (exact) mass is 484 g/mol. The fourth-order valence-electron chi connectivity index (χ4n) is 3.27. The van der Waals surface area contributed by atoms with Crippen molar-refractivity contribution in [2.45, 2.75) is 10.8 Å². The highest BCUT2D eigenvalue weighted by molar-refractivity contribution is 8.01. The third kappa shape index (κ3) is 4.83. The number of fused-ring (bicyclic) bond motifs is 1. The van der Waals surface area contributed by atoms with Gasteiger partial charge < -0.3 is 14.8 Å². The molecule has 33 heavy (non-hydrogen) atoms. The fourth-order valence-corrected chi connectivity index (χ4v) is 4.94. The second-order valence-electron chi connectivity index (χ2n) is 6.92. The van der Waals surface area contributed by atoms with Gasteiger partial charge in [-0.05, 0) is 36.2 Å². The standard InChI is InChI=1S/C22H20N4O5S2/c1-30-16-8-7-13(11-17(16)31-2)9-10-23-18(27)12-32-22-25-24-21(33-22)26-19(28)14-5-3-4-6-15(14)20(26)29/h3-8,11H,9-10,12H2,1-2H3,(H,23,27). The van der Waals surface area contributed by atoms with E-state index in [4.69, 9.17) is 9.47 Å². The normalized spacial score (nSPS) is 12.6. The van der Waals surface area contributed by atoms with E-state index < -0.39 is 11.8 Å². The van der Waals surface area contributed by atoms with Crippen LogP contribution in [0, 0.1) is 0 Å². The SMILES string of the molecule is COc1ccc(CCNC(=O)CSc2nnc(N3C(=O)c4ccccc4C3=O)s2)cc1OC. The van der Waals surface area contributed by atoms with Crippen LogP contribution >= 0.6 is 23.1 Å². The number of thioether (sulfide) groups is 1. The molecule has 0 bridgehead atoms. The molecular weight excluding hydrogens is 464 g/mol. The van der Waals surface area contributed by atoms with Crippen molar-refractivity contribution in [1.29, 1.82) is 0 Å². The number of methoxy groups -OCH3 is 2. The van der Waals surface area contributed by atoms with Gasteiger partial charge in [-0.3, -0.25) is 14.4 Å². The van der Waals surface area contributed by atoms with E-state index in [-0.39, 0.29) is 16.8 Å².